The molecule has 1 aliphatic carbocycles. The Hall–Kier alpha value is -0.930. The molecule has 0 heterocycles. The Balaban J connectivity index is 2.47. The molecule has 0 atom stereocenters. The fourth-order valence-electron chi connectivity index (χ4n) is 1.91. The lowest BCUT2D eigenvalue weighted by Crippen LogP contribution is -2.43. The van der Waals surface area contributed by atoms with Gasteiger partial charge in [-0.05, 0) is 30.9 Å². The van der Waals surface area contributed by atoms with Crippen LogP contribution in [0.1, 0.15) is 24.8 Å². The van der Waals surface area contributed by atoms with E-state index < -0.39 is 0 Å². The van der Waals surface area contributed by atoms with E-state index >= 15 is 0 Å². The molecule has 0 aliphatic heterocycles. The smallest absolute Gasteiger partial charge is 0.160 e. The van der Waals surface area contributed by atoms with Gasteiger partial charge in [0.15, 0.2) is 11.5 Å². The highest BCUT2D eigenvalue weighted by molar-refractivity contribution is 6.31. The maximum absolute atomic E-state index is 9.52. The highest BCUT2D eigenvalue weighted by atomic mass is 35.5. The number of phenolic OH excluding ortho intramolecular Hbond substituents is 1. The Morgan fingerprint density at radius 3 is 2.60 bits per heavy atom. The molecular weight excluding hydrogens is 214 g/mol. The second-order valence-electron chi connectivity index (χ2n) is 4.01. The van der Waals surface area contributed by atoms with Crippen LogP contribution >= 0.6 is 11.6 Å². The van der Waals surface area contributed by atoms with Gasteiger partial charge in [0.2, 0.25) is 0 Å². The van der Waals surface area contributed by atoms with E-state index in [1.54, 1.807) is 6.07 Å². The van der Waals surface area contributed by atoms with Gasteiger partial charge in [-0.15, -0.1) is 0 Å². The Morgan fingerprint density at radius 1 is 1.47 bits per heavy atom. The third kappa shape index (κ3) is 1.66. The van der Waals surface area contributed by atoms with Crippen LogP contribution in [0.4, 0.5) is 0 Å². The highest BCUT2D eigenvalue weighted by Crippen LogP contribution is 2.45. The first kappa shape index (κ1) is 10.6. The van der Waals surface area contributed by atoms with Gasteiger partial charge in [-0.3, -0.25) is 0 Å². The normalized spacial score (nSPS) is 18.3. The summed E-state index contributed by atoms with van der Waals surface area (Å²) in [6.07, 6.45) is 2.98. The quantitative estimate of drug-likeness (QED) is 0.816. The van der Waals surface area contributed by atoms with Crippen LogP contribution in [0.25, 0.3) is 0 Å². The third-order valence-corrected chi connectivity index (χ3v) is 3.36. The van der Waals surface area contributed by atoms with Gasteiger partial charge in [-0.25, -0.2) is 0 Å². The molecule has 0 bridgehead atoms. The Labute approximate surface area is 93.8 Å². The molecule has 0 radical (unpaired) electrons. The molecule has 1 saturated carbocycles. The number of methoxy groups -OCH3 is 1. The second kappa shape index (κ2) is 3.58. The molecule has 1 fully saturated rings. The van der Waals surface area contributed by atoms with Crippen LogP contribution in [0.15, 0.2) is 12.1 Å². The average molecular weight is 228 g/mol. The molecule has 0 amide bonds. The van der Waals surface area contributed by atoms with Crippen LogP contribution in [0, 0.1) is 0 Å². The molecule has 0 unspecified atom stereocenters. The van der Waals surface area contributed by atoms with Gasteiger partial charge in [0.1, 0.15) is 0 Å². The summed E-state index contributed by atoms with van der Waals surface area (Å²) in [5, 5.41) is 10.0. The lowest BCUT2D eigenvalue weighted by Gasteiger charge is -2.39. The molecule has 2 rings (SSSR count). The first-order chi connectivity index (χ1) is 7.07. The largest absolute Gasteiger partial charge is 0.504 e. The van der Waals surface area contributed by atoms with E-state index in [1.807, 2.05) is 0 Å². The number of nitrogens with two attached hydrogens (primary N) is 1. The van der Waals surface area contributed by atoms with E-state index in [4.69, 9.17) is 22.1 Å². The van der Waals surface area contributed by atoms with E-state index in [0.717, 1.165) is 24.8 Å². The number of hydrogen-bond acceptors (Lipinski definition) is 3. The summed E-state index contributed by atoms with van der Waals surface area (Å²) in [5.74, 6) is 0.472. The topological polar surface area (TPSA) is 55.5 Å². The minimum atomic E-state index is -0.335. The maximum Gasteiger partial charge on any atom is 0.160 e. The van der Waals surface area contributed by atoms with E-state index in [1.165, 1.54) is 13.2 Å². The summed E-state index contributed by atoms with van der Waals surface area (Å²) in [4.78, 5) is 0. The first-order valence-corrected chi connectivity index (χ1v) is 5.30. The van der Waals surface area contributed by atoms with E-state index in [0.29, 0.717) is 10.8 Å². The minimum Gasteiger partial charge on any atom is -0.504 e. The monoisotopic (exact) mass is 227 g/mol. The number of rotatable bonds is 2. The van der Waals surface area contributed by atoms with E-state index in [9.17, 15) is 5.11 Å². The highest BCUT2D eigenvalue weighted by Gasteiger charge is 2.36. The van der Waals surface area contributed by atoms with Crippen molar-refractivity contribution in [2.45, 2.75) is 24.8 Å². The Kier molecular flexibility index (Phi) is 2.52. The zero-order valence-electron chi connectivity index (χ0n) is 8.59. The van der Waals surface area contributed by atoms with Gasteiger partial charge in [0.05, 0.1) is 7.11 Å². The molecule has 4 heteroatoms. The first-order valence-electron chi connectivity index (χ1n) is 4.93. The fourth-order valence-corrected chi connectivity index (χ4v) is 2.26. The standard InChI is InChI=1S/C11H14ClNO2/c1-15-10-5-7(8(12)6-9(10)14)11(13)3-2-4-11/h5-6,14H,2-4,13H2,1H3. The predicted octanol–water partition coefficient (Wildman–Crippen LogP) is 2.39. The Morgan fingerprint density at radius 2 is 2.13 bits per heavy atom. The number of phenols is 1. The second-order valence-corrected chi connectivity index (χ2v) is 4.42. The van der Waals surface area contributed by atoms with Crippen molar-refractivity contribution >= 4 is 11.6 Å². The number of benzene rings is 1. The van der Waals surface area contributed by atoms with Crippen molar-refractivity contribution < 1.29 is 9.84 Å². The van der Waals surface area contributed by atoms with Gasteiger partial charge in [-0.1, -0.05) is 11.6 Å². The number of ether oxygens (including phenoxy) is 1. The zero-order chi connectivity index (χ0) is 11.1. The number of halogens is 1. The fraction of sp³-hybridized carbons (Fsp3) is 0.455. The van der Waals surface area contributed by atoms with E-state index in [-0.39, 0.29) is 11.3 Å². The summed E-state index contributed by atoms with van der Waals surface area (Å²) in [5.41, 5.74) is 6.71. The molecule has 0 spiro atoms. The van der Waals surface area contributed by atoms with Crippen LogP contribution in [-0.4, -0.2) is 12.2 Å². The van der Waals surface area contributed by atoms with Crippen molar-refractivity contribution in [1.82, 2.24) is 0 Å². The molecule has 0 saturated heterocycles. The van der Waals surface area contributed by atoms with Gasteiger partial charge in [0, 0.05) is 16.6 Å². The average Bonchev–Trinajstić information content (AvgIpc) is 2.15. The summed E-state index contributed by atoms with van der Waals surface area (Å²) >= 11 is 6.06. The van der Waals surface area contributed by atoms with Gasteiger partial charge >= 0.3 is 0 Å². The molecule has 0 aromatic heterocycles. The molecule has 3 nitrogen and oxygen atoms in total. The lowest BCUT2D eigenvalue weighted by molar-refractivity contribution is 0.252. The summed E-state index contributed by atoms with van der Waals surface area (Å²) in [7, 11) is 1.51. The van der Waals surface area contributed by atoms with Crippen molar-refractivity contribution in [1.29, 1.82) is 0 Å². The minimum absolute atomic E-state index is 0.0502. The molecule has 1 aromatic rings. The van der Waals surface area contributed by atoms with Crippen molar-refractivity contribution in [3.8, 4) is 11.5 Å². The van der Waals surface area contributed by atoms with Crippen LogP contribution in [0.2, 0.25) is 5.02 Å². The SMILES string of the molecule is COc1cc(C2(N)CCC2)c(Cl)cc1O. The van der Waals surface area contributed by atoms with Crippen molar-refractivity contribution in [2.24, 2.45) is 5.73 Å². The van der Waals surface area contributed by atoms with Gasteiger partial charge < -0.3 is 15.6 Å². The zero-order valence-corrected chi connectivity index (χ0v) is 9.34. The summed E-state index contributed by atoms with van der Waals surface area (Å²) in [6, 6.07) is 3.22. The van der Waals surface area contributed by atoms with Crippen molar-refractivity contribution in [3.05, 3.63) is 22.7 Å². The van der Waals surface area contributed by atoms with Gasteiger partial charge in [-0.2, -0.15) is 0 Å². The van der Waals surface area contributed by atoms with E-state index in [2.05, 4.69) is 0 Å². The van der Waals surface area contributed by atoms with Crippen LogP contribution < -0.4 is 10.5 Å². The number of aromatic hydroxyl groups is 1. The predicted molar refractivity (Wildman–Crippen MR) is 59.4 cm³/mol. The van der Waals surface area contributed by atoms with Crippen LogP contribution in [0.5, 0.6) is 11.5 Å². The maximum atomic E-state index is 9.52. The summed E-state index contributed by atoms with van der Waals surface area (Å²) in [6.45, 7) is 0. The summed E-state index contributed by atoms with van der Waals surface area (Å²) < 4.78 is 5.04. The van der Waals surface area contributed by atoms with Crippen LogP contribution in [-0.2, 0) is 5.54 Å². The van der Waals surface area contributed by atoms with Crippen molar-refractivity contribution in [2.75, 3.05) is 7.11 Å². The van der Waals surface area contributed by atoms with Crippen molar-refractivity contribution in [3.63, 3.8) is 0 Å². The number of hydrogen-bond donors (Lipinski definition) is 2. The van der Waals surface area contributed by atoms with Gasteiger partial charge in [0.25, 0.3) is 0 Å². The molecule has 1 aliphatic rings. The lowest BCUT2D eigenvalue weighted by atomic mass is 9.72. The molecule has 3 N–H and O–H groups in total. The Bertz CT molecular complexity index is 388. The molecule has 15 heavy (non-hydrogen) atoms. The molecular formula is C11H14ClNO2. The van der Waals surface area contributed by atoms with Crippen LogP contribution in [0.3, 0.4) is 0 Å². The third-order valence-electron chi connectivity index (χ3n) is 3.05. The molecule has 1 aromatic carbocycles. The molecule has 82 valence electrons.